The van der Waals surface area contributed by atoms with Gasteiger partial charge in [-0.2, -0.15) is 14.6 Å². The topological polar surface area (TPSA) is 161 Å². The number of ether oxygens (including phenoxy) is 2. The third-order valence-corrected chi connectivity index (χ3v) is 7.31. The number of esters is 1. The first-order chi connectivity index (χ1) is 16.6. The number of hydrogen-bond donors (Lipinski definition) is 1. The lowest BCUT2D eigenvalue weighted by Crippen LogP contribution is -2.16. The highest BCUT2D eigenvalue weighted by molar-refractivity contribution is 7.91. The van der Waals surface area contributed by atoms with Crippen molar-refractivity contribution in [3.05, 3.63) is 52.4 Å². The molecule has 0 radical (unpaired) electrons. The number of benzene rings is 1. The van der Waals surface area contributed by atoms with Crippen LogP contribution in [0.5, 0.6) is 11.5 Å². The van der Waals surface area contributed by atoms with Gasteiger partial charge in [-0.3, -0.25) is 10.1 Å². The number of nitrogens with one attached hydrogen (secondary N) is 1. The second-order valence-electron chi connectivity index (χ2n) is 7.00. The van der Waals surface area contributed by atoms with Gasteiger partial charge in [-0.1, -0.05) is 11.6 Å². The molecular weight excluding hydrogens is 520 g/mol. The number of halogens is 1. The summed E-state index contributed by atoms with van der Waals surface area (Å²) < 4.78 is 43.6. The molecule has 35 heavy (non-hydrogen) atoms. The Balaban J connectivity index is 1.83. The van der Waals surface area contributed by atoms with Crippen molar-refractivity contribution in [2.45, 2.75) is 24.3 Å². The maximum Gasteiger partial charge on any atom is 0.379 e. The summed E-state index contributed by atoms with van der Waals surface area (Å²) in [6.45, 7) is 2.96. The Morgan fingerprint density at radius 2 is 2.09 bits per heavy atom. The highest BCUT2D eigenvalue weighted by atomic mass is 35.5. The summed E-state index contributed by atoms with van der Waals surface area (Å²) in [7, 11) is -2.40. The van der Waals surface area contributed by atoms with Crippen molar-refractivity contribution >= 4 is 56.1 Å². The Morgan fingerprint density at radius 1 is 1.34 bits per heavy atom. The first-order valence-electron chi connectivity index (χ1n) is 9.70. The number of methoxy groups -OCH3 is 1. The Hall–Kier alpha value is -3.73. The third-order valence-electron chi connectivity index (χ3n) is 4.35. The summed E-state index contributed by atoms with van der Waals surface area (Å²) in [6.07, 6.45) is 2.53. The van der Waals surface area contributed by atoms with Gasteiger partial charge in [0.05, 0.1) is 23.6 Å². The molecular formula is C21H17ClN4O7S2. The Kier molecular flexibility index (Phi) is 7.90. The lowest BCUT2D eigenvalue weighted by Gasteiger charge is -2.11. The fraction of sp³-hybridized carbons (Fsp3) is 0.190. The zero-order valence-corrected chi connectivity index (χ0v) is 20.8. The number of aromatic nitrogens is 2. The van der Waals surface area contributed by atoms with Gasteiger partial charge >= 0.3 is 5.97 Å². The van der Waals surface area contributed by atoms with Crippen LogP contribution in [0.25, 0.3) is 6.08 Å². The predicted molar refractivity (Wildman–Crippen MR) is 126 cm³/mol. The van der Waals surface area contributed by atoms with Crippen molar-refractivity contribution in [1.82, 2.24) is 9.36 Å². The molecule has 0 fully saturated rings. The number of carbonyl (C=O) groups excluding carboxylic acids is 2. The zero-order chi connectivity index (χ0) is 25.8. The van der Waals surface area contributed by atoms with E-state index in [9.17, 15) is 23.3 Å². The van der Waals surface area contributed by atoms with Crippen molar-refractivity contribution in [3.63, 3.8) is 0 Å². The fourth-order valence-electron chi connectivity index (χ4n) is 2.53. The van der Waals surface area contributed by atoms with Crippen molar-refractivity contribution in [3.8, 4) is 17.6 Å². The molecule has 1 aromatic carbocycles. The highest BCUT2D eigenvalue weighted by Gasteiger charge is 2.25. The van der Waals surface area contributed by atoms with Gasteiger partial charge in [0.2, 0.25) is 20.7 Å². The molecule has 0 unspecified atom stereocenters. The molecule has 3 rings (SSSR count). The molecule has 0 aliphatic rings. The van der Waals surface area contributed by atoms with Crippen molar-refractivity contribution < 1.29 is 31.9 Å². The van der Waals surface area contributed by atoms with Crippen molar-refractivity contribution in [2.24, 2.45) is 0 Å². The molecule has 1 amide bonds. The maximum absolute atomic E-state index is 12.6. The number of anilines is 1. The number of nitriles is 1. The van der Waals surface area contributed by atoms with Crippen LogP contribution in [0.2, 0.25) is 5.02 Å². The van der Waals surface area contributed by atoms with Gasteiger partial charge in [0.25, 0.3) is 11.1 Å². The average Bonchev–Trinajstić information content (AvgIpc) is 3.51. The van der Waals surface area contributed by atoms with E-state index in [1.54, 1.807) is 6.07 Å². The molecule has 3 aromatic rings. The summed E-state index contributed by atoms with van der Waals surface area (Å²) in [5.74, 6) is -1.71. The average molecular weight is 537 g/mol. The first-order valence-corrected chi connectivity index (χ1v) is 12.4. The van der Waals surface area contributed by atoms with Crippen LogP contribution in [0, 0.1) is 11.3 Å². The summed E-state index contributed by atoms with van der Waals surface area (Å²) in [5.41, 5.74) is -0.0522. The SMILES string of the molecule is COc1cc(C=C(C#N)C(=O)Nc2nc(S(=O)(=O)C(C)C)ns2)cc(Cl)c1OC(=O)c1ccco1. The lowest BCUT2D eigenvalue weighted by atomic mass is 10.1. The van der Waals surface area contributed by atoms with E-state index in [-0.39, 0.29) is 38.6 Å². The number of furan rings is 1. The van der Waals surface area contributed by atoms with Crippen LogP contribution in [0.1, 0.15) is 30.0 Å². The van der Waals surface area contributed by atoms with Crippen LogP contribution in [-0.4, -0.2) is 42.0 Å². The third kappa shape index (κ3) is 5.86. The molecule has 0 bridgehead atoms. The lowest BCUT2D eigenvalue weighted by molar-refractivity contribution is -0.112. The van der Waals surface area contributed by atoms with E-state index < -0.39 is 32.1 Å². The molecule has 2 aromatic heterocycles. The number of amides is 1. The van der Waals surface area contributed by atoms with Gasteiger partial charge in [0.1, 0.15) is 11.6 Å². The molecule has 0 saturated carbocycles. The molecule has 0 aliphatic carbocycles. The summed E-state index contributed by atoms with van der Waals surface area (Å²) in [6, 6.07) is 7.45. The minimum atomic E-state index is -3.72. The summed E-state index contributed by atoms with van der Waals surface area (Å²) in [4.78, 5) is 28.6. The standard InChI is InChI=1S/C21H17ClN4O7S2/c1-11(2)35(29,30)21-25-20(34-26-21)24-18(27)13(10-23)7-12-8-14(22)17(16(9-12)31-3)33-19(28)15-5-4-6-32-15/h4-9,11H,1-3H3,(H,24,25,26,27). The van der Waals surface area contributed by atoms with Crippen molar-refractivity contribution in [2.75, 3.05) is 12.4 Å². The van der Waals surface area contributed by atoms with Crippen LogP contribution >= 0.6 is 23.1 Å². The Bertz CT molecular complexity index is 1440. The predicted octanol–water partition coefficient (Wildman–Crippen LogP) is 3.74. The largest absolute Gasteiger partial charge is 0.493 e. The van der Waals surface area contributed by atoms with E-state index >= 15 is 0 Å². The van der Waals surface area contributed by atoms with E-state index in [1.807, 2.05) is 0 Å². The summed E-state index contributed by atoms with van der Waals surface area (Å²) in [5, 5.41) is 10.5. The van der Waals surface area contributed by atoms with E-state index in [4.69, 9.17) is 25.5 Å². The number of nitrogens with zero attached hydrogens (tertiary/aromatic N) is 3. The van der Waals surface area contributed by atoms with E-state index in [0.29, 0.717) is 11.5 Å². The fourth-order valence-corrected chi connectivity index (χ4v) is 4.48. The monoisotopic (exact) mass is 536 g/mol. The van der Waals surface area contributed by atoms with Gasteiger partial charge in [0, 0.05) is 11.5 Å². The van der Waals surface area contributed by atoms with Crippen LogP contribution in [0.4, 0.5) is 5.13 Å². The molecule has 14 heteroatoms. The molecule has 182 valence electrons. The molecule has 11 nitrogen and oxygen atoms in total. The minimum absolute atomic E-state index is 0.0270. The van der Waals surface area contributed by atoms with E-state index in [1.165, 1.54) is 57.6 Å². The smallest absolute Gasteiger partial charge is 0.379 e. The molecule has 0 spiro atoms. The normalized spacial score (nSPS) is 11.7. The van der Waals surface area contributed by atoms with Crippen LogP contribution in [0.15, 0.2) is 45.7 Å². The minimum Gasteiger partial charge on any atom is -0.493 e. The Labute approximate surface area is 209 Å². The van der Waals surface area contributed by atoms with Crippen molar-refractivity contribution in [1.29, 1.82) is 5.26 Å². The molecule has 0 saturated heterocycles. The van der Waals surface area contributed by atoms with Crippen LogP contribution < -0.4 is 14.8 Å². The number of rotatable bonds is 8. The zero-order valence-electron chi connectivity index (χ0n) is 18.4. The molecule has 0 atom stereocenters. The summed E-state index contributed by atoms with van der Waals surface area (Å²) >= 11 is 6.92. The van der Waals surface area contributed by atoms with Crippen LogP contribution in [-0.2, 0) is 14.6 Å². The number of sulfone groups is 1. The number of carbonyl (C=O) groups is 2. The molecule has 1 N–H and O–H groups in total. The quantitative estimate of drug-likeness (QED) is 0.194. The van der Waals surface area contributed by atoms with E-state index in [2.05, 4.69) is 14.7 Å². The van der Waals surface area contributed by atoms with Gasteiger partial charge in [-0.05, 0) is 49.8 Å². The van der Waals surface area contributed by atoms with E-state index in [0.717, 1.165) is 0 Å². The second kappa shape index (κ2) is 10.7. The first kappa shape index (κ1) is 25.9. The highest BCUT2D eigenvalue weighted by Crippen LogP contribution is 2.37. The van der Waals surface area contributed by atoms with Gasteiger partial charge < -0.3 is 13.9 Å². The molecule has 2 heterocycles. The maximum atomic E-state index is 12.6. The van der Waals surface area contributed by atoms with Crippen LogP contribution in [0.3, 0.4) is 0 Å². The van der Waals surface area contributed by atoms with Gasteiger partial charge in [-0.25, -0.2) is 13.2 Å². The van der Waals surface area contributed by atoms with Gasteiger partial charge in [0.15, 0.2) is 11.5 Å². The van der Waals surface area contributed by atoms with Gasteiger partial charge in [-0.15, -0.1) is 0 Å². The molecule has 0 aliphatic heterocycles. The number of hydrogen-bond acceptors (Lipinski definition) is 11. The second-order valence-corrected chi connectivity index (χ2v) is 10.6. The Morgan fingerprint density at radius 3 is 2.69 bits per heavy atom.